The summed E-state index contributed by atoms with van der Waals surface area (Å²) in [6.45, 7) is -0.0482. The molecule has 1 aromatic rings. The van der Waals surface area contributed by atoms with Crippen molar-refractivity contribution in [3.05, 3.63) is 35.4 Å². The molecule has 0 heterocycles. The number of sulfone groups is 1. The average molecular weight is 312 g/mol. The molecule has 2 rings (SSSR count). The highest BCUT2D eigenvalue weighted by Crippen LogP contribution is 2.27. The van der Waals surface area contributed by atoms with Gasteiger partial charge in [-0.3, -0.25) is 0 Å². The van der Waals surface area contributed by atoms with Gasteiger partial charge in [0.25, 0.3) is 0 Å². The van der Waals surface area contributed by atoms with Gasteiger partial charge in [0.15, 0.2) is 9.84 Å². The van der Waals surface area contributed by atoms with Crippen molar-refractivity contribution in [3.8, 4) is 0 Å². The number of hydrogen-bond donors (Lipinski definition) is 2. The fraction of sp³-hybridized carbons (Fsp3) is 0.625. The Morgan fingerprint density at radius 1 is 1.05 bits per heavy atom. The predicted molar refractivity (Wildman–Crippen MR) is 82.4 cm³/mol. The van der Waals surface area contributed by atoms with Crippen LogP contribution in [0, 0.1) is 5.92 Å². The van der Waals surface area contributed by atoms with Crippen LogP contribution in [0.5, 0.6) is 0 Å². The van der Waals surface area contributed by atoms with Crippen molar-refractivity contribution in [1.82, 2.24) is 0 Å². The Morgan fingerprint density at radius 2 is 1.62 bits per heavy atom. The molecule has 1 unspecified atom stereocenters. The van der Waals surface area contributed by atoms with E-state index in [2.05, 4.69) is 0 Å². The summed E-state index contributed by atoms with van der Waals surface area (Å²) in [7, 11) is -3.32. The molecule has 21 heavy (non-hydrogen) atoms. The van der Waals surface area contributed by atoms with Gasteiger partial charge in [-0.25, -0.2) is 8.42 Å². The van der Waals surface area contributed by atoms with E-state index in [0.29, 0.717) is 5.56 Å². The number of aliphatic hydroxyl groups is 2. The van der Waals surface area contributed by atoms with Crippen molar-refractivity contribution >= 4 is 9.84 Å². The smallest absolute Gasteiger partial charge is 0.156 e. The molecule has 5 heteroatoms. The van der Waals surface area contributed by atoms with E-state index >= 15 is 0 Å². The molecule has 1 aliphatic carbocycles. The molecule has 1 saturated carbocycles. The third-order valence-corrected chi connectivity index (χ3v) is 5.83. The van der Waals surface area contributed by atoms with Gasteiger partial charge in [-0.05, 0) is 29.9 Å². The zero-order valence-electron chi connectivity index (χ0n) is 12.2. The van der Waals surface area contributed by atoms with Crippen LogP contribution in [0.1, 0.15) is 43.2 Å². The quantitative estimate of drug-likeness (QED) is 0.843. The maximum absolute atomic E-state index is 12.2. The maximum atomic E-state index is 12.2. The summed E-state index contributed by atoms with van der Waals surface area (Å²) in [5.41, 5.74) is 1.46. The standard InChI is InChI=1S/C16H24O4S/c17-10-13-6-8-14(9-7-13)11-21(19,20)12-16(18)15-4-2-1-3-5-15/h6-9,15-18H,1-5,10-12H2. The molecule has 2 N–H and O–H groups in total. The molecule has 0 spiro atoms. The van der Waals surface area contributed by atoms with Crippen LogP contribution in [0.25, 0.3) is 0 Å². The molecular formula is C16H24O4S. The summed E-state index contributed by atoms with van der Waals surface area (Å²) in [6, 6.07) is 6.89. The van der Waals surface area contributed by atoms with Crippen LogP contribution in [0.4, 0.5) is 0 Å². The van der Waals surface area contributed by atoms with Gasteiger partial charge >= 0.3 is 0 Å². The molecule has 0 aliphatic heterocycles. The largest absolute Gasteiger partial charge is 0.392 e. The molecule has 4 nitrogen and oxygen atoms in total. The third-order valence-electron chi connectivity index (χ3n) is 4.21. The summed E-state index contributed by atoms with van der Waals surface area (Å²) >= 11 is 0. The second kappa shape index (κ2) is 7.38. The minimum Gasteiger partial charge on any atom is -0.392 e. The first kappa shape index (κ1) is 16.5. The predicted octanol–water partition coefficient (Wildman–Crippen LogP) is 2.03. The van der Waals surface area contributed by atoms with Gasteiger partial charge in [-0.1, -0.05) is 43.5 Å². The van der Waals surface area contributed by atoms with Gasteiger partial charge in [-0.2, -0.15) is 0 Å². The van der Waals surface area contributed by atoms with Crippen LogP contribution >= 0.6 is 0 Å². The Kier molecular flexibility index (Phi) is 5.79. The molecule has 118 valence electrons. The monoisotopic (exact) mass is 312 g/mol. The number of rotatable bonds is 6. The lowest BCUT2D eigenvalue weighted by Gasteiger charge is -2.26. The molecule has 1 aliphatic rings. The summed E-state index contributed by atoms with van der Waals surface area (Å²) in [6.07, 6.45) is 4.48. The minimum absolute atomic E-state index is 0.0482. The first-order valence-electron chi connectivity index (χ1n) is 7.57. The van der Waals surface area contributed by atoms with Gasteiger partial charge in [0.05, 0.1) is 24.2 Å². The van der Waals surface area contributed by atoms with Crippen LogP contribution in [0.15, 0.2) is 24.3 Å². The zero-order valence-corrected chi connectivity index (χ0v) is 13.1. The molecular weight excluding hydrogens is 288 g/mol. The van der Waals surface area contributed by atoms with E-state index in [4.69, 9.17) is 5.11 Å². The fourth-order valence-electron chi connectivity index (χ4n) is 2.97. The van der Waals surface area contributed by atoms with E-state index in [1.54, 1.807) is 24.3 Å². The van der Waals surface area contributed by atoms with Crippen molar-refractivity contribution in [2.75, 3.05) is 5.75 Å². The third kappa shape index (κ3) is 5.09. The Hall–Kier alpha value is -0.910. The van der Waals surface area contributed by atoms with Crippen molar-refractivity contribution < 1.29 is 18.6 Å². The maximum Gasteiger partial charge on any atom is 0.156 e. The van der Waals surface area contributed by atoms with E-state index in [0.717, 1.165) is 31.2 Å². The van der Waals surface area contributed by atoms with Crippen LogP contribution < -0.4 is 0 Å². The Morgan fingerprint density at radius 3 is 2.19 bits per heavy atom. The molecule has 0 saturated heterocycles. The van der Waals surface area contributed by atoms with Crippen molar-refractivity contribution in [2.45, 2.75) is 50.6 Å². The molecule has 1 atom stereocenters. The van der Waals surface area contributed by atoms with Crippen LogP contribution in [-0.2, 0) is 22.2 Å². The van der Waals surface area contributed by atoms with Crippen LogP contribution in [-0.4, -0.2) is 30.5 Å². The molecule has 1 aromatic carbocycles. The van der Waals surface area contributed by atoms with Gasteiger partial charge < -0.3 is 10.2 Å². The fourth-order valence-corrected chi connectivity index (χ4v) is 4.58. The topological polar surface area (TPSA) is 74.6 Å². The van der Waals surface area contributed by atoms with E-state index in [1.807, 2.05) is 0 Å². The van der Waals surface area contributed by atoms with Gasteiger partial charge in [-0.15, -0.1) is 0 Å². The highest BCUT2D eigenvalue weighted by atomic mass is 32.2. The SMILES string of the molecule is O=S(=O)(Cc1ccc(CO)cc1)CC(O)C1CCCCC1. The zero-order chi connectivity index (χ0) is 15.3. The Balaban J connectivity index is 1.93. The Bertz CT molecular complexity index is 530. The molecule has 1 fully saturated rings. The molecule has 0 bridgehead atoms. The minimum atomic E-state index is -3.32. The number of benzene rings is 1. The summed E-state index contributed by atoms with van der Waals surface area (Å²) in [5.74, 6) is -0.0765. The number of aliphatic hydroxyl groups excluding tert-OH is 2. The summed E-state index contributed by atoms with van der Waals surface area (Å²) < 4.78 is 24.4. The van der Waals surface area contributed by atoms with Crippen molar-refractivity contribution in [3.63, 3.8) is 0 Å². The second-order valence-electron chi connectivity index (χ2n) is 5.99. The van der Waals surface area contributed by atoms with Gasteiger partial charge in [0.2, 0.25) is 0 Å². The van der Waals surface area contributed by atoms with Gasteiger partial charge in [0.1, 0.15) is 0 Å². The molecule has 0 amide bonds. The highest BCUT2D eigenvalue weighted by molar-refractivity contribution is 7.90. The van der Waals surface area contributed by atoms with Crippen molar-refractivity contribution in [1.29, 1.82) is 0 Å². The summed E-state index contributed by atoms with van der Waals surface area (Å²) in [5, 5.41) is 19.1. The first-order chi connectivity index (χ1) is 10.00. The lowest BCUT2D eigenvalue weighted by Crippen LogP contribution is -2.30. The number of hydrogen-bond acceptors (Lipinski definition) is 4. The first-order valence-corrected chi connectivity index (χ1v) is 9.39. The lowest BCUT2D eigenvalue weighted by molar-refractivity contribution is 0.103. The normalized spacial score (nSPS) is 18.6. The highest BCUT2D eigenvalue weighted by Gasteiger charge is 2.26. The van der Waals surface area contributed by atoms with Crippen LogP contribution in [0.2, 0.25) is 0 Å². The molecule has 0 aromatic heterocycles. The van der Waals surface area contributed by atoms with E-state index in [-0.39, 0.29) is 24.0 Å². The summed E-state index contributed by atoms with van der Waals surface area (Å²) in [4.78, 5) is 0. The Labute approximate surface area is 126 Å². The van der Waals surface area contributed by atoms with Gasteiger partial charge in [0, 0.05) is 0 Å². The van der Waals surface area contributed by atoms with Crippen molar-refractivity contribution in [2.24, 2.45) is 5.92 Å². The molecule has 0 radical (unpaired) electrons. The van der Waals surface area contributed by atoms with E-state index < -0.39 is 15.9 Å². The lowest BCUT2D eigenvalue weighted by atomic mass is 9.86. The second-order valence-corrected chi connectivity index (χ2v) is 8.10. The van der Waals surface area contributed by atoms with E-state index in [1.165, 1.54) is 6.42 Å². The van der Waals surface area contributed by atoms with Crippen LogP contribution in [0.3, 0.4) is 0 Å². The average Bonchev–Trinajstić information content (AvgIpc) is 2.48. The van der Waals surface area contributed by atoms with E-state index in [9.17, 15) is 13.5 Å².